The van der Waals surface area contributed by atoms with E-state index in [2.05, 4.69) is 6.92 Å². The second kappa shape index (κ2) is 9.34. The van der Waals surface area contributed by atoms with Gasteiger partial charge in [0.25, 0.3) is 0 Å². The van der Waals surface area contributed by atoms with Crippen LogP contribution in [0.5, 0.6) is 0 Å². The average Bonchev–Trinajstić information content (AvgIpc) is 2.94. The molecule has 3 N–H and O–H groups in total. The third kappa shape index (κ3) is 7.21. The maximum atomic E-state index is 12.1. The quantitative estimate of drug-likeness (QED) is 0.481. The molecular weight excluding hydrogens is 282 g/mol. The van der Waals surface area contributed by atoms with Gasteiger partial charge in [-0.3, -0.25) is 4.79 Å². The van der Waals surface area contributed by atoms with Gasteiger partial charge in [0, 0.05) is 16.8 Å². The van der Waals surface area contributed by atoms with Crippen molar-refractivity contribution in [2.45, 2.75) is 70.8 Å². The Hall–Kier alpha value is -0.710. The SMILES string of the molecule is CCCCCCCC(=O)c1ccc(CCC(C)(N)CO)s1. The lowest BCUT2D eigenvalue weighted by Crippen LogP contribution is -2.40. The minimum atomic E-state index is -0.534. The summed E-state index contributed by atoms with van der Waals surface area (Å²) in [5, 5.41) is 9.15. The number of Topliss-reactive ketones (excluding diaryl/α,β-unsaturated/α-hetero) is 1. The van der Waals surface area contributed by atoms with E-state index in [9.17, 15) is 4.79 Å². The molecular formula is C17H29NO2S. The number of aryl methyl sites for hydroxylation is 1. The highest BCUT2D eigenvalue weighted by Crippen LogP contribution is 2.22. The van der Waals surface area contributed by atoms with E-state index in [0.717, 1.165) is 30.6 Å². The zero-order valence-electron chi connectivity index (χ0n) is 13.4. The monoisotopic (exact) mass is 311 g/mol. The largest absolute Gasteiger partial charge is 0.394 e. The van der Waals surface area contributed by atoms with Crippen molar-refractivity contribution >= 4 is 17.1 Å². The van der Waals surface area contributed by atoms with Gasteiger partial charge >= 0.3 is 0 Å². The topological polar surface area (TPSA) is 63.3 Å². The minimum Gasteiger partial charge on any atom is -0.394 e. The van der Waals surface area contributed by atoms with Crippen LogP contribution in [0.15, 0.2) is 12.1 Å². The van der Waals surface area contributed by atoms with Crippen LogP contribution in [0.2, 0.25) is 0 Å². The minimum absolute atomic E-state index is 0.0120. The average molecular weight is 311 g/mol. The zero-order valence-corrected chi connectivity index (χ0v) is 14.2. The molecule has 4 heteroatoms. The molecule has 0 saturated heterocycles. The number of rotatable bonds is 11. The Balaban J connectivity index is 2.35. The van der Waals surface area contributed by atoms with Crippen LogP contribution in [0.3, 0.4) is 0 Å². The lowest BCUT2D eigenvalue weighted by atomic mass is 9.98. The second-order valence-electron chi connectivity index (χ2n) is 6.17. The van der Waals surface area contributed by atoms with Gasteiger partial charge in [-0.15, -0.1) is 11.3 Å². The molecule has 1 unspecified atom stereocenters. The summed E-state index contributed by atoms with van der Waals surface area (Å²) in [6.45, 7) is 4.03. The first-order chi connectivity index (χ1) is 9.98. The molecule has 0 fully saturated rings. The molecule has 1 aromatic heterocycles. The van der Waals surface area contributed by atoms with Gasteiger partial charge in [0.1, 0.15) is 0 Å². The highest BCUT2D eigenvalue weighted by atomic mass is 32.1. The summed E-state index contributed by atoms with van der Waals surface area (Å²) >= 11 is 1.57. The molecule has 1 heterocycles. The predicted octanol–water partition coefficient (Wildman–Crippen LogP) is 3.93. The first kappa shape index (κ1) is 18.3. The van der Waals surface area contributed by atoms with Crippen molar-refractivity contribution in [2.75, 3.05) is 6.61 Å². The smallest absolute Gasteiger partial charge is 0.172 e. The van der Waals surface area contributed by atoms with Crippen LogP contribution in [0.4, 0.5) is 0 Å². The van der Waals surface area contributed by atoms with Crippen molar-refractivity contribution in [3.8, 4) is 0 Å². The predicted molar refractivity (Wildman–Crippen MR) is 90.0 cm³/mol. The Bertz CT molecular complexity index is 426. The summed E-state index contributed by atoms with van der Waals surface area (Å²) in [5.74, 6) is 0.264. The van der Waals surface area contributed by atoms with Gasteiger partial charge < -0.3 is 10.8 Å². The van der Waals surface area contributed by atoms with E-state index >= 15 is 0 Å². The van der Waals surface area contributed by atoms with Crippen LogP contribution in [-0.4, -0.2) is 23.0 Å². The normalized spacial score (nSPS) is 14.1. The van der Waals surface area contributed by atoms with Crippen molar-refractivity contribution in [3.63, 3.8) is 0 Å². The van der Waals surface area contributed by atoms with Crippen molar-refractivity contribution in [2.24, 2.45) is 5.73 Å². The molecule has 0 bridgehead atoms. The van der Waals surface area contributed by atoms with Gasteiger partial charge in [-0.25, -0.2) is 0 Å². The van der Waals surface area contributed by atoms with Crippen molar-refractivity contribution < 1.29 is 9.90 Å². The maximum Gasteiger partial charge on any atom is 0.172 e. The molecule has 0 saturated carbocycles. The number of carbonyl (C=O) groups is 1. The van der Waals surface area contributed by atoms with Gasteiger partial charge in [-0.05, 0) is 38.3 Å². The van der Waals surface area contributed by atoms with E-state index in [4.69, 9.17) is 10.8 Å². The molecule has 0 aliphatic heterocycles. The van der Waals surface area contributed by atoms with Gasteiger partial charge in [0.2, 0.25) is 0 Å². The molecule has 1 atom stereocenters. The summed E-state index contributed by atoms with van der Waals surface area (Å²) < 4.78 is 0. The maximum absolute atomic E-state index is 12.1. The second-order valence-corrected chi connectivity index (χ2v) is 7.33. The number of carbonyl (C=O) groups excluding carboxylic acids is 1. The number of hydrogen-bond donors (Lipinski definition) is 2. The number of nitrogens with two attached hydrogens (primary N) is 1. The summed E-state index contributed by atoms with van der Waals surface area (Å²) in [6.07, 6.45) is 8.09. The number of aliphatic hydroxyl groups is 1. The van der Waals surface area contributed by atoms with Crippen molar-refractivity contribution in [1.29, 1.82) is 0 Å². The molecule has 0 radical (unpaired) electrons. The summed E-state index contributed by atoms with van der Waals surface area (Å²) in [4.78, 5) is 14.1. The number of aliphatic hydroxyl groups excluding tert-OH is 1. The fourth-order valence-corrected chi connectivity index (χ4v) is 3.14. The van der Waals surface area contributed by atoms with E-state index < -0.39 is 5.54 Å². The van der Waals surface area contributed by atoms with Crippen molar-refractivity contribution in [1.82, 2.24) is 0 Å². The summed E-state index contributed by atoms with van der Waals surface area (Å²) in [7, 11) is 0. The first-order valence-electron chi connectivity index (χ1n) is 8.00. The molecule has 3 nitrogen and oxygen atoms in total. The Morgan fingerprint density at radius 2 is 2.00 bits per heavy atom. The number of hydrogen-bond acceptors (Lipinski definition) is 4. The van der Waals surface area contributed by atoms with Crippen LogP contribution in [0, 0.1) is 0 Å². The van der Waals surface area contributed by atoms with E-state index in [1.807, 2.05) is 19.1 Å². The van der Waals surface area contributed by atoms with E-state index in [-0.39, 0.29) is 12.4 Å². The highest BCUT2D eigenvalue weighted by Gasteiger charge is 2.17. The Morgan fingerprint density at radius 3 is 2.67 bits per heavy atom. The Labute approximate surface area is 132 Å². The van der Waals surface area contributed by atoms with Crippen LogP contribution >= 0.6 is 11.3 Å². The third-order valence-corrected chi connectivity index (χ3v) is 4.93. The van der Waals surface area contributed by atoms with Crippen LogP contribution < -0.4 is 5.73 Å². The molecule has 0 amide bonds. The number of unbranched alkanes of at least 4 members (excludes halogenated alkanes) is 4. The summed E-state index contributed by atoms with van der Waals surface area (Å²) in [5.41, 5.74) is 5.39. The molecule has 0 aliphatic rings. The van der Waals surface area contributed by atoms with Gasteiger partial charge in [-0.2, -0.15) is 0 Å². The molecule has 120 valence electrons. The lowest BCUT2D eigenvalue weighted by Gasteiger charge is -2.20. The van der Waals surface area contributed by atoms with Crippen LogP contribution in [-0.2, 0) is 6.42 Å². The third-order valence-electron chi connectivity index (χ3n) is 3.75. The molecule has 21 heavy (non-hydrogen) atoms. The molecule has 0 aromatic carbocycles. The fourth-order valence-electron chi connectivity index (χ4n) is 2.16. The van der Waals surface area contributed by atoms with Gasteiger partial charge in [-0.1, -0.05) is 32.6 Å². The fraction of sp³-hybridized carbons (Fsp3) is 0.706. The van der Waals surface area contributed by atoms with E-state index in [0.29, 0.717) is 6.42 Å². The van der Waals surface area contributed by atoms with E-state index in [1.165, 1.54) is 24.1 Å². The zero-order chi connectivity index (χ0) is 15.7. The molecule has 0 spiro atoms. The number of ketones is 1. The Kier molecular flexibility index (Phi) is 8.15. The molecule has 0 aliphatic carbocycles. The van der Waals surface area contributed by atoms with Crippen LogP contribution in [0.1, 0.15) is 73.3 Å². The van der Waals surface area contributed by atoms with Crippen molar-refractivity contribution in [3.05, 3.63) is 21.9 Å². The van der Waals surface area contributed by atoms with Gasteiger partial charge in [0.05, 0.1) is 11.5 Å². The Morgan fingerprint density at radius 1 is 1.29 bits per heavy atom. The lowest BCUT2D eigenvalue weighted by molar-refractivity contribution is 0.0983. The number of thiophene rings is 1. The molecule has 1 aromatic rings. The molecule has 1 rings (SSSR count). The highest BCUT2D eigenvalue weighted by molar-refractivity contribution is 7.14. The van der Waals surface area contributed by atoms with E-state index in [1.54, 1.807) is 11.3 Å². The standard InChI is InChI=1S/C17H29NO2S/c1-3-4-5-6-7-8-15(20)16-10-9-14(21-16)11-12-17(2,18)13-19/h9-10,19H,3-8,11-13,18H2,1-2H3. The first-order valence-corrected chi connectivity index (χ1v) is 8.82. The van der Waals surface area contributed by atoms with Crippen LogP contribution in [0.25, 0.3) is 0 Å². The summed E-state index contributed by atoms with van der Waals surface area (Å²) in [6, 6.07) is 3.95. The van der Waals surface area contributed by atoms with Gasteiger partial charge in [0.15, 0.2) is 5.78 Å².